The molecule has 3 heterocycles. The predicted molar refractivity (Wildman–Crippen MR) is 104 cm³/mol. The van der Waals surface area contributed by atoms with Gasteiger partial charge in [-0.2, -0.15) is 0 Å². The Labute approximate surface area is 155 Å². The molecule has 0 spiro atoms. The normalized spacial score (nSPS) is 18.0. The van der Waals surface area contributed by atoms with E-state index in [0.29, 0.717) is 11.6 Å². The second-order valence-corrected chi connectivity index (χ2v) is 7.39. The van der Waals surface area contributed by atoms with Gasteiger partial charge in [0.1, 0.15) is 5.82 Å². The molecule has 5 heteroatoms. The van der Waals surface area contributed by atoms with E-state index in [4.69, 9.17) is 0 Å². The molecule has 4 rings (SSSR count). The zero-order valence-corrected chi connectivity index (χ0v) is 15.6. The van der Waals surface area contributed by atoms with Crippen LogP contribution in [0.1, 0.15) is 28.8 Å². The van der Waals surface area contributed by atoms with Crippen molar-refractivity contribution in [1.82, 2.24) is 14.8 Å². The summed E-state index contributed by atoms with van der Waals surface area (Å²) in [6.45, 7) is 3.04. The first-order valence-corrected chi connectivity index (χ1v) is 9.40. The van der Waals surface area contributed by atoms with Crippen molar-refractivity contribution in [2.45, 2.75) is 25.3 Å². The van der Waals surface area contributed by atoms with E-state index in [1.165, 1.54) is 11.3 Å². The molecule has 0 aliphatic carbocycles. The summed E-state index contributed by atoms with van der Waals surface area (Å²) < 4.78 is 0. The maximum atomic E-state index is 12.8. The van der Waals surface area contributed by atoms with Crippen LogP contribution in [0.2, 0.25) is 0 Å². The van der Waals surface area contributed by atoms with Crippen LogP contribution < -0.4 is 4.90 Å². The van der Waals surface area contributed by atoms with Crippen LogP contribution in [0.3, 0.4) is 0 Å². The van der Waals surface area contributed by atoms with Gasteiger partial charge in [-0.15, -0.1) is 0 Å². The summed E-state index contributed by atoms with van der Waals surface area (Å²) in [5.74, 6) is 0.980. The van der Waals surface area contributed by atoms with Gasteiger partial charge < -0.3 is 14.7 Å². The Morgan fingerprint density at radius 2 is 1.88 bits per heavy atom. The quantitative estimate of drug-likeness (QED) is 0.853. The lowest BCUT2D eigenvalue weighted by molar-refractivity contribution is 0.0659. The van der Waals surface area contributed by atoms with Crippen LogP contribution >= 0.6 is 0 Å². The zero-order valence-electron chi connectivity index (χ0n) is 15.6. The van der Waals surface area contributed by atoms with Crippen LogP contribution in [0.15, 0.2) is 42.6 Å². The molecular formula is C21H26N4O. The van der Waals surface area contributed by atoms with Gasteiger partial charge in [0.15, 0.2) is 0 Å². The third-order valence-electron chi connectivity index (χ3n) is 5.71. The third-order valence-corrected chi connectivity index (χ3v) is 5.71. The maximum absolute atomic E-state index is 12.8. The average molecular weight is 350 g/mol. The number of aromatic nitrogens is 1. The molecule has 1 saturated heterocycles. The number of amides is 1. The predicted octanol–water partition coefficient (Wildman–Crippen LogP) is 2.94. The molecule has 0 radical (unpaired) electrons. The number of carbonyl (C=O) groups is 1. The number of fused-ring (bicyclic) bond motifs is 1. The smallest absolute Gasteiger partial charge is 0.255 e. The highest BCUT2D eigenvalue weighted by atomic mass is 16.2. The van der Waals surface area contributed by atoms with Gasteiger partial charge in [0, 0.05) is 31.5 Å². The fourth-order valence-electron chi connectivity index (χ4n) is 4.00. The Balaban J connectivity index is 1.47. The molecule has 5 nitrogen and oxygen atoms in total. The second kappa shape index (κ2) is 7.08. The van der Waals surface area contributed by atoms with Crippen LogP contribution in [0.25, 0.3) is 0 Å². The largest absolute Gasteiger partial charge is 0.339 e. The Morgan fingerprint density at radius 3 is 2.62 bits per heavy atom. The Morgan fingerprint density at radius 1 is 1.12 bits per heavy atom. The molecule has 2 aliphatic rings. The van der Waals surface area contributed by atoms with Gasteiger partial charge in [-0.25, -0.2) is 4.98 Å². The van der Waals surface area contributed by atoms with Gasteiger partial charge in [-0.3, -0.25) is 4.79 Å². The first kappa shape index (κ1) is 17.0. The summed E-state index contributed by atoms with van der Waals surface area (Å²) >= 11 is 0. The van der Waals surface area contributed by atoms with E-state index in [1.54, 1.807) is 6.20 Å². The highest BCUT2D eigenvalue weighted by Crippen LogP contribution is 2.33. The number of hydrogen-bond donors (Lipinski definition) is 0. The van der Waals surface area contributed by atoms with Crippen molar-refractivity contribution in [3.8, 4) is 0 Å². The van der Waals surface area contributed by atoms with Crippen molar-refractivity contribution in [2.75, 3.05) is 38.6 Å². The van der Waals surface area contributed by atoms with E-state index in [1.807, 2.05) is 24.1 Å². The fourth-order valence-corrected chi connectivity index (χ4v) is 4.00. The Kier molecular flexibility index (Phi) is 4.64. The van der Waals surface area contributed by atoms with Crippen molar-refractivity contribution in [2.24, 2.45) is 0 Å². The molecule has 0 saturated carbocycles. The van der Waals surface area contributed by atoms with Crippen LogP contribution in [0.4, 0.5) is 11.5 Å². The number of rotatable bonds is 3. The Hall–Kier alpha value is -2.40. The monoisotopic (exact) mass is 350 g/mol. The highest BCUT2D eigenvalue weighted by Gasteiger charge is 2.25. The number of benzene rings is 1. The number of carbonyl (C=O) groups excluding carboxylic acids is 1. The number of piperidine rings is 1. The fraction of sp³-hybridized carbons (Fsp3) is 0.429. The maximum Gasteiger partial charge on any atom is 0.255 e. The van der Waals surface area contributed by atoms with Crippen molar-refractivity contribution < 1.29 is 4.79 Å². The SMILES string of the molecule is CN1CCC(N(C)C(=O)c2ccc(N3CCc4ccccc43)nc2)CC1. The van der Waals surface area contributed by atoms with Gasteiger partial charge >= 0.3 is 0 Å². The molecule has 0 N–H and O–H groups in total. The standard InChI is InChI=1S/C21H26N4O/c1-23-12-10-18(11-13-23)24(2)21(26)17-7-8-20(22-15-17)25-14-9-16-5-3-4-6-19(16)25/h3-8,15,18H,9-14H2,1-2H3. The highest BCUT2D eigenvalue weighted by molar-refractivity contribution is 5.94. The minimum absolute atomic E-state index is 0.0698. The van der Waals surface area contributed by atoms with Crippen molar-refractivity contribution in [1.29, 1.82) is 0 Å². The van der Waals surface area contributed by atoms with Gasteiger partial charge in [0.2, 0.25) is 0 Å². The minimum Gasteiger partial charge on any atom is -0.339 e. The van der Waals surface area contributed by atoms with Gasteiger partial charge in [0.05, 0.1) is 5.56 Å². The molecule has 2 aliphatic heterocycles. The van der Waals surface area contributed by atoms with Crippen LogP contribution in [-0.2, 0) is 6.42 Å². The summed E-state index contributed by atoms with van der Waals surface area (Å²) in [4.78, 5) is 23.8. The molecule has 136 valence electrons. The summed E-state index contributed by atoms with van der Waals surface area (Å²) in [5.41, 5.74) is 3.25. The molecule has 1 amide bonds. The van der Waals surface area contributed by atoms with Crippen molar-refractivity contribution in [3.63, 3.8) is 0 Å². The number of anilines is 2. The lowest BCUT2D eigenvalue weighted by Crippen LogP contribution is -2.44. The van der Waals surface area contributed by atoms with E-state index in [9.17, 15) is 4.79 Å². The molecular weight excluding hydrogens is 324 g/mol. The summed E-state index contributed by atoms with van der Waals surface area (Å²) in [6, 6.07) is 12.7. The number of hydrogen-bond acceptors (Lipinski definition) is 4. The van der Waals surface area contributed by atoms with Crippen LogP contribution in [0.5, 0.6) is 0 Å². The first-order chi connectivity index (χ1) is 12.6. The topological polar surface area (TPSA) is 39.7 Å². The van der Waals surface area contributed by atoms with Crippen molar-refractivity contribution in [3.05, 3.63) is 53.7 Å². The third kappa shape index (κ3) is 3.19. The van der Waals surface area contributed by atoms with E-state index in [2.05, 4.69) is 46.1 Å². The minimum atomic E-state index is 0.0698. The van der Waals surface area contributed by atoms with Crippen LogP contribution in [-0.4, -0.2) is 60.5 Å². The summed E-state index contributed by atoms with van der Waals surface area (Å²) in [5, 5.41) is 0. The number of likely N-dealkylation sites (tertiary alicyclic amines) is 1. The van der Waals surface area contributed by atoms with E-state index >= 15 is 0 Å². The van der Waals surface area contributed by atoms with Gasteiger partial charge in [-0.05, 0) is 63.2 Å². The second-order valence-electron chi connectivity index (χ2n) is 7.39. The summed E-state index contributed by atoms with van der Waals surface area (Å²) in [7, 11) is 4.06. The molecule has 0 unspecified atom stereocenters. The molecule has 2 aromatic rings. The van der Waals surface area contributed by atoms with E-state index in [0.717, 1.165) is 44.7 Å². The van der Waals surface area contributed by atoms with Crippen molar-refractivity contribution >= 4 is 17.4 Å². The van der Waals surface area contributed by atoms with Crippen LogP contribution in [0, 0.1) is 0 Å². The number of para-hydroxylation sites is 1. The number of pyridine rings is 1. The van der Waals surface area contributed by atoms with Gasteiger partial charge in [-0.1, -0.05) is 18.2 Å². The first-order valence-electron chi connectivity index (χ1n) is 9.40. The molecule has 26 heavy (non-hydrogen) atoms. The average Bonchev–Trinajstić information content (AvgIpc) is 3.12. The molecule has 1 aromatic heterocycles. The molecule has 1 aromatic carbocycles. The summed E-state index contributed by atoms with van der Waals surface area (Å²) in [6.07, 6.45) is 4.84. The molecule has 1 fully saturated rings. The lowest BCUT2D eigenvalue weighted by atomic mass is 10.0. The lowest BCUT2D eigenvalue weighted by Gasteiger charge is -2.35. The molecule has 0 bridgehead atoms. The molecule has 0 atom stereocenters. The zero-order chi connectivity index (χ0) is 18.1. The Bertz CT molecular complexity index is 781. The van der Waals surface area contributed by atoms with E-state index < -0.39 is 0 Å². The number of nitrogens with zero attached hydrogens (tertiary/aromatic N) is 4. The van der Waals surface area contributed by atoms with Gasteiger partial charge in [0.25, 0.3) is 5.91 Å². The van der Waals surface area contributed by atoms with E-state index in [-0.39, 0.29) is 5.91 Å².